The van der Waals surface area contributed by atoms with Gasteiger partial charge in [-0.1, -0.05) is 20.3 Å². The van der Waals surface area contributed by atoms with Gasteiger partial charge in [0.1, 0.15) is 18.1 Å². The molecule has 28 heavy (non-hydrogen) atoms. The summed E-state index contributed by atoms with van der Waals surface area (Å²) in [5, 5.41) is 16.7. The zero-order chi connectivity index (χ0) is 21.9. The molecular weight excluding hydrogens is 404 g/mol. The Morgan fingerprint density at radius 2 is 1.68 bits per heavy atom. The minimum atomic E-state index is -1.15. The van der Waals surface area contributed by atoms with Crippen LogP contribution in [0.2, 0.25) is 0 Å². The van der Waals surface area contributed by atoms with Crippen molar-refractivity contribution in [2.45, 2.75) is 57.8 Å². The molecule has 0 spiro atoms. The van der Waals surface area contributed by atoms with Gasteiger partial charge in [-0.05, 0) is 31.3 Å². The van der Waals surface area contributed by atoms with Crippen LogP contribution in [0.15, 0.2) is 0 Å². The summed E-state index contributed by atoms with van der Waals surface area (Å²) in [6, 6.07) is -3.74. The molecule has 0 bridgehead atoms. The molecule has 162 valence electrons. The van der Waals surface area contributed by atoms with E-state index in [1.54, 1.807) is 18.7 Å². The molecule has 0 aromatic carbocycles. The molecule has 0 aliphatic heterocycles. The summed E-state index contributed by atoms with van der Waals surface area (Å²) in [7, 11) is 0. The Bertz CT molecular complexity index is 550. The Morgan fingerprint density at radius 3 is 2.14 bits per heavy atom. The predicted molar refractivity (Wildman–Crippen MR) is 113 cm³/mol. The second-order valence-corrected chi connectivity index (χ2v) is 7.92. The second kappa shape index (κ2) is 13.7. The minimum absolute atomic E-state index is 0.0294. The van der Waals surface area contributed by atoms with Crippen LogP contribution in [0.3, 0.4) is 0 Å². The Kier molecular flexibility index (Phi) is 13.0. The van der Waals surface area contributed by atoms with Gasteiger partial charge in [-0.25, -0.2) is 4.79 Å². The van der Waals surface area contributed by atoms with Gasteiger partial charge in [-0.3, -0.25) is 14.4 Å². The topological polar surface area (TPSA) is 151 Å². The Hall–Kier alpha value is -1.46. The van der Waals surface area contributed by atoms with Gasteiger partial charge in [-0.15, -0.1) is 0 Å². The maximum Gasteiger partial charge on any atom is 0.326 e. The molecule has 6 N–H and O–H groups in total. The first-order valence-electron chi connectivity index (χ1n) is 9.08. The standard InChI is InChI=1S/C17H32N4O5S2/c1-5-9(2)13(17(25)26)21-16(24)12(8-27)20-14(22)10(3)19-15(23)11(18)6-7-28-4/h9-13,27H,5-8,18H2,1-4H3,(H,19,23)(H,20,22)(H,21,24)(H,25,26). The van der Waals surface area contributed by atoms with Crippen molar-refractivity contribution in [3.63, 3.8) is 0 Å². The molecule has 0 aliphatic carbocycles. The molecule has 0 radical (unpaired) electrons. The highest BCUT2D eigenvalue weighted by atomic mass is 32.2. The molecule has 0 aliphatic rings. The van der Waals surface area contributed by atoms with E-state index in [0.717, 1.165) is 5.75 Å². The normalized spacial score (nSPS) is 16.2. The molecule has 3 amide bonds. The highest BCUT2D eigenvalue weighted by Crippen LogP contribution is 2.08. The number of carbonyl (C=O) groups excluding carboxylic acids is 3. The van der Waals surface area contributed by atoms with Gasteiger partial charge >= 0.3 is 5.97 Å². The lowest BCUT2D eigenvalue weighted by atomic mass is 9.99. The predicted octanol–water partition coefficient (Wildman–Crippen LogP) is -0.398. The summed E-state index contributed by atoms with van der Waals surface area (Å²) in [5.41, 5.74) is 5.76. The molecule has 0 saturated heterocycles. The summed E-state index contributed by atoms with van der Waals surface area (Å²) < 4.78 is 0. The smallest absolute Gasteiger partial charge is 0.326 e. The van der Waals surface area contributed by atoms with Crippen molar-refractivity contribution in [3.8, 4) is 0 Å². The van der Waals surface area contributed by atoms with Crippen molar-refractivity contribution in [2.24, 2.45) is 11.7 Å². The number of carboxylic acid groups (broad SMARTS) is 1. The van der Waals surface area contributed by atoms with Crippen molar-refractivity contribution in [3.05, 3.63) is 0 Å². The number of amides is 3. The average Bonchev–Trinajstić information content (AvgIpc) is 2.66. The fourth-order valence-electron chi connectivity index (χ4n) is 2.19. The fourth-order valence-corrected chi connectivity index (χ4v) is 2.94. The number of hydrogen-bond acceptors (Lipinski definition) is 7. The molecule has 5 atom stereocenters. The Balaban J connectivity index is 4.81. The minimum Gasteiger partial charge on any atom is -0.480 e. The lowest BCUT2D eigenvalue weighted by molar-refractivity contribution is -0.143. The lowest BCUT2D eigenvalue weighted by Crippen LogP contribution is -2.57. The van der Waals surface area contributed by atoms with Crippen molar-refractivity contribution in [1.29, 1.82) is 0 Å². The van der Waals surface area contributed by atoms with Crippen LogP contribution in [0.25, 0.3) is 0 Å². The highest BCUT2D eigenvalue weighted by molar-refractivity contribution is 7.98. The molecule has 5 unspecified atom stereocenters. The molecule has 0 heterocycles. The summed E-state index contributed by atoms with van der Waals surface area (Å²) in [4.78, 5) is 48.0. The average molecular weight is 437 g/mol. The monoisotopic (exact) mass is 436 g/mol. The van der Waals surface area contributed by atoms with Crippen molar-refractivity contribution < 1.29 is 24.3 Å². The number of nitrogens with one attached hydrogen (secondary N) is 3. The van der Waals surface area contributed by atoms with E-state index >= 15 is 0 Å². The zero-order valence-corrected chi connectivity index (χ0v) is 18.4. The number of thioether (sulfide) groups is 1. The third-order valence-electron chi connectivity index (χ3n) is 4.31. The number of nitrogens with two attached hydrogens (primary N) is 1. The largest absolute Gasteiger partial charge is 0.480 e. The van der Waals surface area contributed by atoms with E-state index in [4.69, 9.17) is 5.73 Å². The quantitative estimate of drug-likeness (QED) is 0.215. The third-order valence-corrected chi connectivity index (χ3v) is 5.32. The van der Waals surface area contributed by atoms with Crippen LogP contribution in [0.5, 0.6) is 0 Å². The molecule has 0 rings (SSSR count). The van der Waals surface area contributed by atoms with Gasteiger partial charge < -0.3 is 26.8 Å². The molecule has 0 saturated carbocycles. The number of rotatable bonds is 13. The zero-order valence-electron chi connectivity index (χ0n) is 16.7. The van der Waals surface area contributed by atoms with Crippen molar-refractivity contribution in [1.82, 2.24) is 16.0 Å². The number of carboxylic acids is 1. The maximum absolute atomic E-state index is 12.4. The van der Waals surface area contributed by atoms with Gasteiger partial charge in [0, 0.05) is 5.75 Å². The molecule has 0 fully saturated rings. The van der Waals surface area contributed by atoms with E-state index < -0.39 is 47.9 Å². The van der Waals surface area contributed by atoms with E-state index in [1.165, 1.54) is 6.92 Å². The molecule has 0 aromatic rings. The number of aliphatic carboxylic acids is 1. The molecule has 0 aromatic heterocycles. The SMILES string of the molecule is CCC(C)C(NC(=O)C(CS)NC(=O)C(C)NC(=O)C(N)CCSC)C(=O)O. The maximum atomic E-state index is 12.4. The Labute approximate surface area is 175 Å². The lowest BCUT2D eigenvalue weighted by Gasteiger charge is -2.24. The number of hydrogen-bond donors (Lipinski definition) is 6. The van der Waals surface area contributed by atoms with Crippen LogP contribution < -0.4 is 21.7 Å². The summed E-state index contributed by atoms with van der Waals surface area (Å²) in [5.74, 6) is -2.42. The second-order valence-electron chi connectivity index (χ2n) is 6.57. The van der Waals surface area contributed by atoms with Crippen LogP contribution in [0.4, 0.5) is 0 Å². The highest BCUT2D eigenvalue weighted by Gasteiger charge is 2.30. The van der Waals surface area contributed by atoms with E-state index in [1.807, 2.05) is 13.2 Å². The van der Waals surface area contributed by atoms with Crippen molar-refractivity contribution in [2.75, 3.05) is 17.8 Å². The summed E-state index contributed by atoms with van der Waals surface area (Å²) in [6.45, 7) is 5.01. The first kappa shape index (κ1) is 26.5. The number of carbonyl (C=O) groups is 4. The third kappa shape index (κ3) is 9.16. The first-order valence-corrected chi connectivity index (χ1v) is 11.1. The van der Waals surface area contributed by atoms with Crippen LogP contribution >= 0.6 is 24.4 Å². The number of thiol groups is 1. The first-order chi connectivity index (χ1) is 13.1. The van der Waals surface area contributed by atoms with Crippen LogP contribution in [0, 0.1) is 5.92 Å². The van der Waals surface area contributed by atoms with E-state index in [2.05, 4.69) is 28.6 Å². The van der Waals surface area contributed by atoms with Gasteiger partial charge in [0.25, 0.3) is 0 Å². The van der Waals surface area contributed by atoms with Gasteiger partial charge in [0.15, 0.2) is 0 Å². The Morgan fingerprint density at radius 1 is 1.07 bits per heavy atom. The molecule has 9 nitrogen and oxygen atoms in total. The van der Waals surface area contributed by atoms with Gasteiger partial charge in [0.2, 0.25) is 17.7 Å². The fraction of sp³-hybridized carbons (Fsp3) is 0.765. The van der Waals surface area contributed by atoms with Gasteiger partial charge in [0.05, 0.1) is 6.04 Å². The van der Waals surface area contributed by atoms with Crippen molar-refractivity contribution >= 4 is 48.1 Å². The van der Waals surface area contributed by atoms with E-state index in [0.29, 0.717) is 12.8 Å². The molecular formula is C17H32N4O5S2. The van der Waals surface area contributed by atoms with Crippen LogP contribution in [-0.2, 0) is 19.2 Å². The van der Waals surface area contributed by atoms with E-state index in [9.17, 15) is 24.3 Å². The van der Waals surface area contributed by atoms with E-state index in [-0.39, 0.29) is 11.7 Å². The molecule has 11 heteroatoms. The van der Waals surface area contributed by atoms with Crippen LogP contribution in [0.1, 0.15) is 33.6 Å². The van der Waals surface area contributed by atoms with Gasteiger partial charge in [-0.2, -0.15) is 24.4 Å². The van der Waals surface area contributed by atoms with Crippen LogP contribution in [-0.4, -0.2) is 70.7 Å². The summed E-state index contributed by atoms with van der Waals surface area (Å²) in [6.07, 6.45) is 2.95. The summed E-state index contributed by atoms with van der Waals surface area (Å²) >= 11 is 5.62.